The summed E-state index contributed by atoms with van der Waals surface area (Å²) in [5.41, 5.74) is 3.13. The van der Waals surface area contributed by atoms with Crippen LogP contribution in [-0.2, 0) is 11.2 Å². The molecule has 1 N–H and O–H groups in total. The van der Waals surface area contributed by atoms with Gasteiger partial charge in [-0.2, -0.15) is 0 Å². The van der Waals surface area contributed by atoms with Crippen LogP contribution in [0.15, 0.2) is 53.2 Å². The van der Waals surface area contributed by atoms with Crippen molar-refractivity contribution in [3.63, 3.8) is 0 Å². The maximum Gasteiger partial charge on any atom is 0.275 e. The molecule has 25 heavy (non-hydrogen) atoms. The molecule has 128 valence electrons. The van der Waals surface area contributed by atoms with Gasteiger partial charge in [-0.25, -0.2) is 9.38 Å². The molecule has 0 bridgehead atoms. The van der Waals surface area contributed by atoms with E-state index in [2.05, 4.69) is 22.4 Å². The van der Waals surface area contributed by atoms with Crippen molar-refractivity contribution in [2.24, 2.45) is 4.99 Å². The van der Waals surface area contributed by atoms with Crippen molar-refractivity contribution in [3.05, 3.63) is 70.7 Å². The van der Waals surface area contributed by atoms with Crippen LogP contribution < -0.4 is 10.1 Å². The predicted molar refractivity (Wildman–Crippen MR) is 96.0 cm³/mol. The number of rotatable bonds is 5. The van der Waals surface area contributed by atoms with Crippen molar-refractivity contribution < 1.29 is 13.9 Å². The van der Waals surface area contributed by atoms with Crippen molar-refractivity contribution in [1.82, 2.24) is 5.32 Å². The molecule has 0 aromatic heterocycles. The number of nitrogens with zero attached hydrogens (tertiary/aromatic N) is 1. The molecule has 1 aliphatic heterocycles. The first-order valence-corrected chi connectivity index (χ1v) is 8.05. The number of ether oxygens (including phenoxy) is 1. The lowest BCUT2D eigenvalue weighted by Gasteiger charge is -2.04. The second kappa shape index (κ2) is 7.30. The maximum atomic E-state index is 13.5. The number of carbonyl (C=O) groups excluding carboxylic acids is 1. The topological polar surface area (TPSA) is 50.7 Å². The number of amides is 1. The lowest BCUT2D eigenvalue weighted by atomic mass is 10.1. The summed E-state index contributed by atoms with van der Waals surface area (Å²) in [5, 5.41) is 2.77. The van der Waals surface area contributed by atoms with Gasteiger partial charge in [0.15, 0.2) is 0 Å². The van der Waals surface area contributed by atoms with E-state index >= 15 is 0 Å². The van der Waals surface area contributed by atoms with E-state index in [1.54, 1.807) is 0 Å². The molecule has 0 radical (unpaired) electrons. The van der Waals surface area contributed by atoms with Crippen molar-refractivity contribution in [3.8, 4) is 5.75 Å². The van der Waals surface area contributed by atoms with Crippen LogP contribution in [0.4, 0.5) is 4.39 Å². The Morgan fingerprint density at radius 1 is 1.20 bits per heavy atom. The molecule has 1 amide bonds. The van der Waals surface area contributed by atoms with Gasteiger partial charge in [0.1, 0.15) is 23.1 Å². The van der Waals surface area contributed by atoms with Gasteiger partial charge in [0.05, 0.1) is 7.11 Å². The van der Waals surface area contributed by atoms with Gasteiger partial charge >= 0.3 is 0 Å². The normalized spacial score (nSPS) is 15.2. The molecule has 0 fully saturated rings. The SMILES string of the molecule is COc1ccc(F)cc1/C=C1/N=C(CCc2cccc(C)c2)NC1=O. The Bertz CT molecular complexity index is 872. The van der Waals surface area contributed by atoms with E-state index in [9.17, 15) is 9.18 Å². The molecule has 0 spiro atoms. The Balaban J connectivity index is 1.77. The van der Waals surface area contributed by atoms with Gasteiger partial charge in [0.25, 0.3) is 5.91 Å². The molecule has 5 heteroatoms. The quantitative estimate of drug-likeness (QED) is 0.846. The molecule has 4 nitrogen and oxygen atoms in total. The van der Waals surface area contributed by atoms with E-state index in [4.69, 9.17) is 4.74 Å². The fourth-order valence-electron chi connectivity index (χ4n) is 2.73. The van der Waals surface area contributed by atoms with Crippen LogP contribution >= 0.6 is 0 Å². The van der Waals surface area contributed by atoms with Gasteiger partial charge in [-0.1, -0.05) is 29.8 Å². The van der Waals surface area contributed by atoms with Crippen LogP contribution in [-0.4, -0.2) is 18.9 Å². The van der Waals surface area contributed by atoms with Crippen LogP contribution in [0.1, 0.15) is 23.1 Å². The molecular formula is C20H19FN2O2. The van der Waals surface area contributed by atoms with E-state index in [1.165, 1.54) is 42.5 Å². The number of methoxy groups -OCH3 is 1. The Kier molecular flexibility index (Phi) is 4.93. The van der Waals surface area contributed by atoms with Crippen LogP contribution in [0.5, 0.6) is 5.75 Å². The minimum absolute atomic E-state index is 0.253. The number of nitrogens with one attached hydrogen (secondary N) is 1. The van der Waals surface area contributed by atoms with Crippen molar-refractivity contribution in [2.75, 3.05) is 7.11 Å². The standard InChI is InChI=1S/C20H19FN2O2/c1-13-4-3-5-14(10-13)6-9-19-22-17(20(24)23-19)12-15-11-16(21)7-8-18(15)25-2/h3-5,7-8,10-12H,6,9H2,1-2H3,(H,22,23,24)/b17-12+. The summed E-state index contributed by atoms with van der Waals surface area (Å²) in [4.78, 5) is 16.5. The first-order chi connectivity index (χ1) is 12.0. The smallest absolute Gasteiger partial charge is 0.275 e. The van der Waals surface area contributed by atoms with Crippen LogP contribution in [0.2, 0.25) is 0 Å². The lowest BCUT2D eigenvalue weighted by Crippen LogP contribution is -2.24. The summed E-state index contributed by atoms with van der Waals surface area (Å²) < 4.78 is 18.6. The van der Waals surface area contributed by atoms with Gasteiger partial charge in [-0.3, -0.25) is 4.79 Å². The van der Waals surface area contributed by atoms with Crippen LogP contribution in [0, 0.1) is 12.7 Å². The Morgan fingerprint density at radius 3 is 2.80 bits per heavy atom. The largest absolute Gasteiger partial charge is 0.496 e. The summed E-state index contributed by atoms with van der Waals surface area (Å²) in [7, 11) is 1.50. The number of aliphatic imine (C=N–C) groups is 1. The number of hydrogen-bond acceptors (Lipinski definition) is 3. The molecular weight excluding hydrogens is 319 g/mol. The molecule has 2 aromatic carbocycles. The molecule has 0 saturated heterocycles. The van der Waals surface area contributed by atoms with Crippen LogP contribution in [0.3, 0.4) is 0 Å². The Labute approximate surface area is 146 Å². The molecule has 2 aromatic rings. The third kappa shape index (κ3) is 4.12. The Morgan fingerprint density at radius 2 is 2.04 bits per heavy atom. The molecule has 0 saturated carbocycles. The molecule has 0 atom stereocenters. The minimum Gasteiger partial charge on any atom is -0.496 e. The highest BCUT2D eigenvalue weighted by Gasteiger charge is 2.20. The summed E-state index contributed by atoms with van der Waals surface area (Å²) in [6, 6.07) is 12.4. The van der Waals surface area contributed by atoms with Crippen molar-refractivity contribution >= 4 is 17.8 Å². The van der Waals surface area contributed by atoms with E-state index < -0.39 is 5.82 Å². The molecule has 1 heterocycles. The minimum atomic E-state index is -0.394. The number of halogens is 1. The zero-order valence-corrected chi connectivity index (χ0v) is 14.2. The summed E-state index contributed by atoms with van der Waals surface area (Å²) in [6.45, 7) is 2.05. The first-order valence-electron chi connectivity index (χ1n) is 8.05. The highest BCUT2D eigenvalue weighted by atomic mass is 19.1. The van der Waals surface area contributed by atoms with E-state index in [-0.39, 0.29) is 11.6 Å². The number of benzene rings is 2. The fraction of sp³-hybridized carbons (Fsp3) is 0.200. The lowest BCUT2D eigenvalue weighted by molar-refractivity contribution is -0.115. The summed E-state index contributed by atoms with van der Waals surface area (Å²) in [5.74, 6) is 0.429. The van der Waals surface area contributed by atoms with Gasteiger partial charge in [0, 0.05) is 12.0 Å². The number of hydrogen-bond donors (Lipinski definition) is 1. The molecule has 0 aliphatic carbocycles. The molecule has 0 unspecified atom stereocenters. The number of amidine groups is 1. The number of carbonyl (C=O) groups is 1. The van der Waals surface area contributed by atoms with Gasteiger partial charge in [-0.15, -0.1) is 0 Å². The highest BCUT2D eigenvalue weighted by molar-refractivity contribution is 6.14. The van der Waals surface area contributed by atoms with Gasteiger partial charge in [-0.05, 0) is 43.2 Å². The monoisotopic (exact) mass is 338 g/mol. The average Bonchev–Trinajstić information content (AvgIpc) is 2.93. The summed E-state index contributed by atoms with van der Waals surface area (Å²) >= 11 is 0. The van der Waals surface area contributed by atoms with Crippen molar-refractivity contribution in [2.45, 2.75) is 19.8 Å². The summed E-state index contributed by atoms with van der Waals surface area (Å²) in [6.07, 6.45) is 2.96. The van der Waals surface area contributed by atoms with Gasteiger partial charge in [0.2, 0.25) is 0 Å². The van der Waals surface area contributed by atoms with E-state index in [1.807, 2.05) is 19.1 Å². The van der Waals surface area contributed by atoms with Crippen LogP contribution in [0.25, 0.3) is 6.08 Å². The van der Waals surface area contributed by atoms with Gasteiger partial charge < -0.3 is 10.1 Å². The van der Waals surface area contributed by atoms with Crippen molar-refractivity contribution in [1.29, 1.82) is 0 Å². The maximum absolute atomic E-state index is 13.5. The number of aryl methyl sites for hydroxylation is 2. The second-order valence-electron chi connectivity index (χ2n) is 5.92. The first kappa shape index (κ1) is 16.9. The molecule has 3 rings (SSSR count). The molecule has 1 aliphatic rings. The van der Waals surface area contributed by atoms with E-state index in [0.29, 0.717) is 23.6 Å². The third-order valence-corrected chi connectivity index (χ3v) is 3.96. The highest BCUT2D eigenvalue weighted by Crippen LogP contribution is 2.23. The third-order valence-electron chi connectivity index (χ3n) is 3.96. The second-order valence-corrected chi connectivity index (χ2v) is 5.92. The van der Waals surface area contributed by atoms with E-state index in [0.717, 1.165) is 6.42 Å². The fourth-order valence-corrected chi connectivity index (χ4v) is 2.73. The zero-order chi connectivity index (χ0) is 17.8. The zero-order valence-electron chi connectivity index (χ0n) is 14.2. The average molecular weight is 338 g/mol. The Hall–Kier alpha value is -2.95. The predicted octanol–water partition coefficient (Wildman–Crippen LogP) is 3.64.